The molecule has 0 bridgehead atoms. The van der Waals surface area contributed by atoms with Crippen LogP contribution < -0.4 is 0 Å². The Bertz CT molecular complexity index is 1300. The van der Waals surface area contributed by atoms with Gasteiger partial charge in [0.1, 0.15) is 5.76 Å². The van der Waals surface area contributed by atoms with Crippen molar-refractivity contribution in [1.29, 1.82) is 0 Å². The van der Waals surface area contributed by atoms with Crippen molar-refractivity contribution in [2.24, 2.45) is 0 Å². The van der Waals surface area contributed by atoms with Crippen molar-refractivity contribution >= 4 is 21.7 Å². The van der Waals surface area contributed by atoms with Gasteiger partial charge in [0.05, 0.1) is 4.90 Å². The maximum absolute atomic E-state index is 13.0. The minimum absolute atomic E-state index is 0.0180. The number of ketones is 1. The second kappa shape index (κ2) is 8.96. The minimum Gasteiger partial charge on any atom is -0.451 e. The molecule has 2 aromatic carbocycles. The number of furan rings is 1. The molecule has 1 fully saturated rings. The van der Waals surface area contributed by atoms with Crippen LogP contribution in [0.25, 0.3) is 11.3 Å². The highest BCUT2D eigenvalue weighted by molar-refractivity contribution is 7.89. The molecule has 0 aliphatic carbocycles. The highest BCUT2D eigenvalue weighted by Gasteiger charge is 2.31. The summed E-state index contributed by atoms with van der Waals surface area (Å²) in [6.07, 6.45) is 0. The zero-order chi connectivity index (χ0) is 23.8. The number of nitrogens with zero attached hydrogens (tertiary/aromatic N) is 2. The number of aryl methyl sites for hydroxylation is 2. The van der Waals surface area contributed by atoms with Crippen molar-refractivity contribution in [2.75, 3.05) is 26.2 Å². The Balaban J connectivity index is 1.42. The molecule has 0 spiro atoms. The molecular weight excluding hydrogens is 440 g/mol. The van der Waals surface area contributed by atoms with Crippen LogP contribution in [0.2, 0.25) is 0 Å². The SMILES string of the molecule is CC(=O)c1ccc(-c2ccc(C(=O)N3CCN(S(=O)(=O)c4ccc(C)c(C)c4)CC3)o2)cc1. The molecule has 172 valence electrons. The van der Waals surface area contributed by atoms with Gasteiger partial charge in [0.25, 0.3) is 5.91 Å². The molecule has 1 amide bonds. The third kappa shape index (κ3) is 4.62. The van der Waals surface area contributed by atoms with E-state index >= 15 is 0 Å². The zero-order valence-corrected chi connectivity index (χ0v) is 19.7. The molecular formula is C25H26N2O5S. The first-order valence-corrected chi connectivity index (χ1v) is 12.2. The summed E-state index contributed by atoms with van der Waals surface area (Å²) in [6, 6.07) is 15.5. The summed E-state index contributed by atoms with van der Waals surface area (Å²) in [6.45, 7) is 6.35. The Morgan fingerprint density at radius 1 is 0.848 bits per heavy atom. The standard InChI is InChI=1S/C25H26N2O5S/c1-17-4-9-22(16-18(17)2)33(30,31)27-14-12-26(13-15-27)25(29)24-11-10-23(32-24)21-7-5-20(6-8-21)19(3)28/h4-11,16H,12-15H2,1-3H3. The largest absolute Gasteiger partial charge is 0.451 e. The second-order valence-corrected chi connectivity index (χ2v) is 10.2. The fraction of sp³-hybridized carbons (Fsp3) is 0.280. The van der Waals surface area contributed by atoms with Crippen molar-refractivity contribution < 1.29 is 22.4 Å². The third-order valence-corrected chi connectivity index (χ3v) is 7.93. The number of carbonyl (C=O) groups excluding carboxylic acids is 2. The summed E-state index contributed by atoms with van der Waals surface area (Å²) in [4.78, 5) is 26.2. The maximum Gasteiger partial charge on any atom is 0.289 e. The van der Waals surface area contributed by atoms with E-state index in [4.69, 9.17) is 4.42 Å². The van der Waals surface area contributed by atoms with E-state index < -0.39 is 10.0 Å². The molecule has 0 saturated carbocycles. The third-order valence-electron chi connectivity index (χ3n) is 6.03. The summed E-state index contributed by atoms with van der Waals surface area (Å²) < 4.78 is 33.2. The number of rotatable bonds is 5. The molecule has 1 aromatic heterocycles. The van der Waals surface area contributed by atoms with Crippen LogP contribution in [0.1, 0.15) is 39.0 Å². The van der Waals surface area contributed by atoms with E-state index in [-0.39, 0.29) is 48.5 Å². The predicted octanol–water partition coefficient (Wildman–Crippen LogP) is 3.91. The Labute approximate surface area is 193 Å². The number of carbonyl (C=O) groups is 2. The normalized spacial score (nSPS) is 14.9. The van der Waals surface area contributed by atoms with Crippen LogP contribution in [0, 0.1) is 13.8 Å². The van der Waals surface area contributed by atoms with Gasteiger partial charge in [-0.3, -0.25) is 9.59 Å². The average molecular weight is 467 g/mol. The first-order valence-electron chi connectivity index (χ1n) is 10.7. The van der Waals surface area contributed by atoms with Crippen LogP contribution in [0.4, 0.5) is 0 Å². The van der Waals surface area contributed by atoms with Gasteiger partial charge < -0.3 is 9.32 Å². The van der Waals surface area contributed by atoms with Gasteiger partial charge in [-0.2, -0.15) is 4.31 Å². The first kappa shape index (κ1) is 22.9. The smallest absolute Gasteiger partial charge is 0.289 e. The van der Waals surface area contributed by atoms with Crippen molar-refractivity contribution in [3.63, 3.8) is 0 Å². The van der Waals surface area contributed by atoms with Crippen LogP contribution in [0.15, 0.2) is 63.9 Å². The predicted molar refractivity (Wildman–Crippen MR) is 125 cm³/mol. The van der Waals surface area contributed by atoms with E-state index in [1.54, 1.807) is 53.4 Å². The van der Waals surface area contributed by atoms with Gasteiger partial charge in [-0.1, -0.05) is 30.3 Å². The van der Waals surface area contributed by atoms with Gasteiger partial charge in [-0.25, -0.2) is 8.42 Å². The summed E-state index contributed by atoms with van der Waals surface area (Å²) >= 11 is 0. The summed E-state index contributed by atoms with van der Waals surface area (Å²) in [5, 5.41) is 0. The maximum atomic E-state index is 13.0. The van der Waals surface area contributed by atoms with Crippen LogP contribution in [0.3, 0.4) is 0 Å². The quantitative estimate of drug-likeness (QED) is 0.532. The molecule has 8 heteroatoms. The molecule has 7 nitrogen and oxygen atoms in total. The van der Waals surface area contributed by atoms with Gasteiger partial charge in [0.15, 0.2) is 11.5 Å². The van der Waals surface area contributed by atoms with E-state index in [1.165, 1.54) is 11.2 Å². The van der Waals surface area contributed by atoms with Crippen LogP contribution in [0.5, 0.6) is 0 Å². The molecule has 0 N–H and O–H groups in total. The highest BCUT2D eigenvalue weighted by atomic mass is 32.2. The first-order chi connectivity index (χ1) is 15.7. The summed E-state index contributed by atoms with van der Waals surface area (Å²) in [5.41, 5.74) is 3.34. The van der Waals surface area contributed by atoms with Gasteiger partial charge in [-0.15, -0.1) is 0 Å². The number of sulfonamides is 1. The van der Waals surface area contributed by atoms with Crippen molar-refractivity contribution in [1.82, 2.24) is 9.21 Å². The zero-order valence-electron chi connectivity index (χ0n) is 18.9. The average Bonchev–Trinajstić information content (AvgIpc) is 3.31. The lowest BCUT2D eigenvalue weighted by atomic mass is 10.1. The number of hydrogen-bond acceptors (Lipinski definition) is 5. The monoisotopic (exact) mass is 466 g/mol. The Hall–Kier alpha value is -3.23. The van der Waals surface area contributed by atoms with Gasteiger partial charge in [-0.05, 0) is 56.2 Å². The molecule has 1 aliphatic rings. The Kier molecular flexibility index (Phi) is 6.23. The van der Waals surface area contributed by atoms with E-state index in [0.717, 1.165) is 16.7 Å². The second-order valence-electron chi connectivity index (χ2n) is 8.24. The molecule has 0 radical (unpaired) electrons. The highest BCUT2D eigenvalue weighted by Crippen LogP contribution is 2.25. The number of Topliss-reactive ketones (excluding diaryl/α,β-unsaturated/α-hetero) is 1. The number of benzene rings is 2. The molecule has 2 heterocycles. The fourth-order valence-corrected chi connectivity index (χ4v) is 5.30. The summed E-state index contributed by atoms with van der Waals surface area (Å²) in [7, 11) is -3.61. The molecule has 4 rings (SSSR count). The van der Waals surface area contributed by atoms with Crippen LogP contribution in [-0.4, -0.2) is 55.5 Å². The molecule has 1 saturated heterocycles. The lowest BCUT2D eigenvalue weighted by Crippen LogP contribution is -2.50. The molecule has 33 heavy (non-hydrogen) atoms. The lowest BCUT2D eigenvalue weighted by Gasteiger charge is -2.33. The van der Waals surface area contributed by atoms with Crippen molar-refractivity contribution in [2.45, 2.75) is 25.7 Å². The fourth-order valence-electron chi connectivity index (χ4n) is 3.79. The topological polar surface area (TPSA) is 87.9 Å². The number of hydrogen-bond donors (Lipinski definition) is 0. The van der Waals surface area contributed by atoms with Crippen molar-refractivity contribution in [3.05, 3.63) is 77.0 Å². The molecule has 3 aromatic rings. The van der Waals surface area contributed by atoms with Gasteiger partial charge in [0, 0.05) is 37.3 Å². The van der Waals surface area contributed by atoms with Gasteiger partial charge >= 0.3 is 0 Å². The number of piperazine rings is 1. The lowest BCUT2D eigenvalue weighted by molar-refractivity contribution is 0.0667. The summed E-state index contributed by atoms with van der Waals surface area (Å²) in [5.74, 6) is 0.441. The van der Waals surface area contributed by atoms with Gasteiger partial charge in [0.2, 0.25) is 10.0 Å². The van der Waals surface area contributed by atoms with E-state index in [2.05, 4.69) is 0 Å². The Morgan fingerprint density at radius 2 is 1.52 bits per heavy atom. The Morgan fingerprint density at radius 3 is 2.12 bits per heavy atom. The molecule has 0 atom stereocenters. The van der Waals surface area contributed by atoms with E-state index in [0.29, 0.717) is 11.3 Å². The van der Waals surface area contributed by atoms with E-state index in [9.17, 15) is 18.0 Å². The minimum atomic E-state index is -3.61. The van der Waals surface area contributed by atoms with Crippen LogP contribution in [-0.2, 0) is 10.0 Å². The number of amides is 1. The van der Waals surface area contributed by atoms with Crippen molar-refractivity contribution in [3.8, 4) is 11.3 Å². The molecule has 1 aliphatic heterocycles. The van der Waals surface area contributed by atoms with Crippen LogP contribution >= 0.6 is 0 Å². The molecule has 0 unspecified atom stereocenters. The van der Waals surface area contributed by atoms with E-state index in [1.807, 2.05) is 19.9 Å².